The van der Waals surface area contributed by atoms with Crippen molar-refractivity contribution in [3.8, 4) is 0 Å². The fourth-order valence-electron chi connectivity index (χ4n) is 2.73. The fourth-order valence-corrected chi connectivity index (χ4v) is 2.73. The van der Waals surface area contributed by atoms with Crippen molar-refractivity contribution in [2.75, 3.05) is 5.73 Å². The molecule has 0 aliphatic carbocycles. The van der Waals surface area contributed by atoms with Crippen LogP contribution in [0.15, 0.2) is 12.7 Å². The second kappa shape index (κ2) is 6.07. The van der Waals surface area contributed by atoms with Crippen LogP contribution in [0, 0.1) is 0 Å². The van der Waals surface area contributed by atoms with E-state index in [0.717, 1.165) is 0 Å². The van der Waals surface area contributed by atoms with Gasteiger partial charge in [0, 0.05) is 6.42 Å². The van der Waals surface area contributed by atoms with Gasteiger partial charge in [-0.05, 0) is 12.8 Å². The van der Waals surface area contributed by atoms with Crippen LogP contribution < -0.4 is 11.5 Å². The first-order valence-corrected chi connectivity index (χ1v) is 7.22. The number of aromatic nitrogens is 4. The molecule has 1 fully saturated rings. The molecule has 0 saturated carbocycles. The number of hydrogen-bond donors (Lipinski definition) is 4. The van der Waals surface area contributed by atoms with Crippen molar-refractivity contribution in [3.63, 3.8) is 0 Å². The Morgan fingerprint density at radius 1 is 1.30 bits per heavy atom. The van der Waals surface area contributed by atoms with Crippen LogP contribution in [0.2, 0.25) is 0 Å². The van der Waals surface area contributed by atoms with Gasteiger partial charge in [-0.1, -0.05) is 0 Å². The number of anilines is 1. The minimum Gasteiger partial charge on any atom is -0.388 e. The highest BCUT2D eigenvalue weighted by Gasteiger charge is 2.43. The first kappa shape index (κ1) is 15.6. The SMILES string of the molecule is NC(=O)CCC[C@H]1O[C@@H](n2cnc3c(N)ncnc32)[C@H](O)[C@@H]1O. The smallest absolute Gasteiger partial charge is 0.217 e. The monoisotopic (exact) mass is 322 g/mol. The van der Waals surface area contributed by atoms with E-state index in [-0.39, 0.29) is 12.2 Å². The molecule has 0 aromatic carbocycles. The molecule has 1 saturated heterocycles. The second-order valence-corrected chi connectivity index (χ2v) is 5.49. The maximum absolute atomic E-state index is 10.8. The number of nitrogen functional groups attached to an aromatic ring is 1. The van der Waals surface area contributed by atoms with Gasteiger partial charge in [-0.3, -0.25) is 9.36 Å². The topological polar surface area (TPSA) is 162 Å². The molecule has 0 unspecified atom stereocenters. The lowest BCUT2D eigenvalue weighted by Crippen LogP contribution is -2.31. The van der Waals surface area contributed by atoms with Crippen molar-refractivity contribution in [3.05, 3.63) is 12.7 Å². The molecule has 0 spiro atoms. The Morgan fingerprint density at radius 2 is 2.09 bits per heavy atom. The van der Waals surface area contributed by atoms with Gasteiger partial charge >= 0.3 is 0 Å². The number of rotatable bonds is 5. The summed E-state index contributed by atoms with van der Waals surface area (Å²) < 4.78 is 7.24. The molecule has 124 valence electrons. The van der Waals surface area contributed by atoms with Crippen LogP contribution in [-0.4, -0.2) is 54.0 Å². The predicted molar refractivity (Wildman–Crippen MR) is 78.7 cm³/mol. The Balaban J connectivity index is 1.80. The number of nitrogens with zero attached hydrogens (tertiary/aromatic N) is 4. The highest BCUT2D eigenvalue weighted by molar-refractivity contribution is 5.81. The first-order chi connectivity index (χ1) is 11.0. The minimum atomic E-state index is -1.15. The van der Waals surface area contributed by atoms with Gasteiger partial charge in [-0.15, -0.1) is 0 Å². The Bertz CT molecular complexity index is 720. The zero-order valence-electron chi connectivity index (χ0n) is 12.2. The molecule has 2 aromatic rings. The maximum atomic E-state index is 10.8. The van der Waals surface area contributed by atoms with E-state index in [1.165, 1.54) is 17.2 Å². The number of imidazole rings is 1. The van der Waals surface area contributed by atoms with Gasteiger partial charge < -0.3 is 26.4 Å². The van der Waals surface area contributed by atoms with Gasteiger partial charge in [-0.25, -0.2) is 15.0 Å². The predicted octanol–water partition coefficient (Wildman–Crippen LogP) is -1.32. The number of fused-ring (bicyclic) bond motifs is 1. The minimum absolute atomic E-state index is 0.200. The number of primary amides is 1. The van der Waals surface area contributed by atoms with Gasteiger partial charge in [0.05, 0.1) is 12.4 Å². The molecule has 2 aromatic heterocycles. The zero-order valence-corrected chi connectivity index (χ0v) is 12.2. The lowest BCUT2D eigenvalue weighted by molar-refractivity contribution is -0.118. The molecule has 10 nitrogen and oxygen atoms in total. The third-order valence-corrected chi connectivity index (χ3v) is 3.91. The van der Waals surface area contributed by atoms with Crippen LogP contribution in [0.4, 0.5) is 5.82 Å². The molecular weight excluding hydrogens is 304 g/mol. The highest BCUT2D eigenvalue weighted by atomic mass is 16.6. The Kier molecular flexibility index (Phi) is 4.11. The normalized spacial score (nSPS) is 27.6. The van der Waals surface area contributed by atoms with Crippen LogP contribution >= 0.6 is 0 Å². The lowest BCUT2D eigenvalue weighted by Gasteiger charge is -2.16. The van der Waals surface area contributed by atoms with Crippen LogP contribution in [0.1, 0.15) is 25.5 Å². The molecule has 23 heavy (non-hydrogen) atoms. The number of ether oxygens (including phenoxy) is 1. The van der Waals surface area contributed by atoms with Gasteiger partial charge in [0.15, 0.2) is 17.7 Å². The van der Waals surface area contributed by atoms with E-state index in [0.29, 0.717) is 24.0 Å². The van der Waals surface area contributed by atoms with E-state index in [4.69, 9.17) is 16.2 Å². The summed E-state index contributed by atoms with van der Waals surface area (Å²) in [6, 6.07) is 0. The average molecular weight is 322 g/mol. The van der Waals surface area contributed by atoms with E-state index in [1.807, 2.05) is 0 Å². The number of hydrogen-bond acceptors (Lipinski definition) is 8. The molecule has 0 radical (unpaired) electrons. The first-order valence-electron chi connectivity index (χ1n) is 7.22. The molecule has 3 heterocycles. The summed E-state index contributed by atoms with van der Waals surface area (Å²) >= 11 is 0. The summed E-state index contributed by atoms with van der Waals surface area (Å²) in [7, 11) is 0. The molecule has 4 atom stereocenters. The number of nitrogens with two attached hydrogens (primary N) is 2. The van der Waals surface area contributed by atoms with Gasteiger partial charge in [0.2, 0.25) is 5.91 Å². The number of amides is 1. The highest BCUT2D eigenvalue weighted by Crippen LogP contribution is 2.33. The van der Waals surface area contributed by atoms with Crippen molar-refractivity contribution in [1.82, 2.24) is 19.5 Å². The van der Waals surface area contributed by atoms with Crippen molar-refractivity contribution in [2.24, 2.45) is 5.73 Å². The van der Waals surface area contributed by atoms with Gasteiger partial charge in [-0.2, -0.15) is 0 Å². The van der Waals surface area contributed by atoms with Crippen molar-refractivity contribution in [2.45, 2.75) is 43.8 Å². The van der Waals surface area contributed by atoms with Gasteiger partial charge in [0.25, 0.3) is 0 Å². The fraction of sp³-hybridized carbons (Fsp3) is 0.538. The standard InChI is InChI=1S/C13H18N6O4/c14-7(20)3-1-2-6-9(21)10(22)13(23-6)19-5-18-8-11(15)16-4-17-12(8)19/h4-6,9-10,13,21-22H,1-3H2,(H2,14,20)(H2,15,16,17)/t6-,9-,10-,13-/m1/s1. The van der Waals surface area contributed by atoms with Crippen molar-refractivity contribution >= 4 is 22.9 Å². The molecule has 1 aliphatic rings. The number of aliphatic hydroxyl groups excluding tert-OH is 2. The zero-order chi connectivity index (χ0) is 16.6. The third-order valence-electron chi connectivity index (χ3n) is 3.91. The van der Waals surface area contributed by atoms with Crippen molar-refractivity contribution < 1.29 is 19.7 Å². The van der Waals surface area contributed by atoms with E-state index < -0.39 is 30.4 Å². The van der Waals surface area contributed by atoms with Crippen LogP contribution in [0.25, 0.3) is 11.2 Å². The van der Waals surface area contributed by atoms with E-state index in [9.17, 15) is 15.0 Å². The molecule has 0 bridgehead atoms. The van der Waals surface area contributed by atoms with Gasteiger partial charge in [0.1, 0.15) is 24.1 Å². The second-order valence-electron chi connectivity index (χ2n) is 5.49. The van der Waals surface area contributed by atoms with E-state index in [2.05, 4.69) is 15.0 Å². The molecule has 3 rings (SSSR count). The van der Waals surface area contributed by atoms with Crippen LogP contribution in [-0.2, 0) is 9.53 Å². The Hall–Kier alpha value is -2.30. The van der Waals surface area contributed by atoms with Crippen molar-refractivity contribution in [1.29, 1.82) is 0 Å². The Labute approximate surface area is 131 Å². The summed E-state index contributed by atoms with van der Waals surface area (Å²) in [4.78, 5) is 22.8. The lowest BCUT2D eigenvalue weighted by atomic mass is 10.0. The van der Waals surface area contributed by atoms with Crippen LogP contribution in [0.3, 0.4) is 0 Å². The number of carbonyl (C=O) groups excluding carboxylic acids is 1. The molecule has 6 N–H and O–H groups in total. The van der Waals surface area contributed by atoms with E-state index >= 15 is 0 Å². The van der Waals surface area contributed by atoms with Crippen LogP contribution in [0.5, 0.6) is 0 Å². The summed E-state index contributed by atoms with van der Waals surface area (Å²) in [5, 5.41) is 20.4. The molecular formula is C13H18N6O4. The van der Waals surface area contributed by atoms with E-state index in [1.54, 1.807) is 0 Å². The maximum Gasteiger partial charge on any atom is 0.217 e. The number of carbonyl (C=O) groups is 1. The molecule has 1 amide bonds. The summed E-state index contributed by atoms with van der Waals surface area (Å²) in [5.41, 5.74) is 11.6. The largest absolute Gasteiger partial charge is 0.388 e. The summed E-state index contributed by atoms with van der Waals surface area (Å²) in [5.74, 6) is -0.192. The molecule has 10 heteroatoms. The summed E-state index contributed by atoms with van der Waals surface area (Å²) in [6.07, 6.45) is 0.114. The average Bonchev–Trinajstić information content (AvgIpc) is 3.04. The quantitative estimate of drug-likeness (QED) is 0.527. The Morgan fingerprint density at radius 3 is 2.83 bits per heavy atom. The third kappa shape index (κ3) is 2.83. The number of aliphatic hydroxyl groups is 2. The molecule has 1 aliphatic heterocycles. The summed E-state index contributed by atoms with van der Waals surface area (Å²) in [6.45, 7) is 0.